The third-order valence-electron chi connectivity index (χ3n) is 3.05. The summed E-state index contributed by atoms with van der Waals surface area (Å²) in [5, 5.41) is 2.80. The second kappa shape index (κ2) is 5.69. The quantitative estimate of drug-likeness (QED) is 0.818. The van der Waals surface area contributed by atoms with Gasteiger partial charge in [-0.3, -0.25) is 9.59 Å². The smallest absolute Gasteiger partial charge is 0.254 e. The molecule has 18 heavy (non-hydrogen) atoms. The Hall–Kier alpha value is -1.11. The number of benzene rings is 1. The van der Waals surface area contributed by atoms with Crippen molar-refractivity contribution in [2.45, 2.75) is 19.4 Å². The van der Waals surface area contributed by atoms with Crippen molar-refractivity contribution in [3.8, 4) is 0 Å². The predicted molar refractivity (Wildman–Crippen MR) is 77.3 cm³/mol. The van der Waals surface area contributed by atoms with E-state index in [0.717, 1.165) is 3.57 Å². The zero-order valence-electron chi connectivity index (χ0n) is 10.1. The predicted octanol–water partition coefficient (Wildman–Crippen LogP) is 1.64. The van der Waals surface area contributed by atoms with Gasteiger partial charge in [-0.05, 0) is 47.2 Å². The summed E-state index contributed by atoms with van der Waals surface area (Å²) in [5.74, 6) is -0.113. The van der Waals surface area contributed by atoms with Crippen LogP contribution in [-0.4, -0.2) is 35.8 Å². The molecular formula is C13H15IN2O2. The van der Waals surface area contributed by atoms with Crippen LogP contribution in [0.25, 0.3) is 0 Å². The van der Waals surface area contributed by atoms with Crippen molar-refractivity contribution in [2.24, 2.45) is 0 Å². The van der Waals surface area contributed by atoms with Crippen molar-refractivity contribution in [1.29, 1.82) is 0 Å². The van der Waals surface area contributed by atoms with Crippen LogP contribution in [0.2, 0.25) is 0 Å². The van der Waals surface area contributed by atoms with E-state index < -0.39 is 0 Å². The Labute approximate surface area is 120 Å². The maximum Gasteiger partial charge on any atom is 0.254 e. The summed E-state index contributed by atoms with van der Waals surface area (Å²) in [7, 11) is 0. The summed E-state index contributed by atoms with van der Waals surface area (Å²) in [4.78, 5) is 25.8. The molecule has 2 amide bonds. The Morgan fingerprint density at radius 2 is 2.33 bits per heavy atom. The van der Waals surface area contributed by atoms with Gasteiger partial charge >= 0.3 is 0 Å². The van der Waals surface area contributed by atoms with Gasteiger partial charge in [-0.2, -0.15) is 0 Å². The van der Waals surface area contributed by atoms with Crippen LogP contribution in [0, 0.1) is 3.57 Å². The molecule has 1 aromatic carbocycles. The summed E-state index contributed by atoms with van der Waals surface area (Å²) < 4.78 is 1.02. The fourth-order valence-corrected chi connectivity index (χ4v) is 2.69. The first-order chi connectivity index (χ1) is 8.63. The fraction of sp³-hybridized carbons (Fsp3) is 0.385. The standard InChI is InChI=1S/C13H15IN2O2/c1-2-11-12(17)15-6-7-16(11)13(18)9-4-3-5-10(14)8-9/h3-5,8,11H,2,6-7H2,1H3,(H,15,17). The van der Waals surface area contributed by atoms with E-state index in [4.69, 9.17) is 0 Å². The third kappa shape index (κ3) is 2.66. The van der Waals surface area contributed by atoms with Crippen LogP contribution in [0.15, 0.2) is 24.3 Å². The highest BCUT2D eigenvalue weighted by Gasteiger charge is 2.31. The van der Waals surface area contributed by atoms with Gasteiger partial charge in [0.15, 0.2) is 0 Å². The molecule has 4 nitrogen and oxygen atoms in total. The molecule has 1 aromatic rings. The molecule has 1 atom stereocenters. The maximum atomic E-state index is 12.4. The summed E-state index contributed by atoms with van der Waals surface area (Å²) in [6.45, 7) is 3.03. The van der Waals surface area contributed by atoms with E-state index in [-0.39, 0.29) is 17.9 Å². The van der Waals surface area contributed by atoms with Gasteiger partial charge in [0.2, 0.25) is 5.91 Å². The van der Waals surface area contributed by atoms with E-state index in [0.29, 0.717) is 25.1 Å². The summed E-state index contributed by atoms with van der Waals surface area (Å²) >= 11 is 2.18. The topological polar surface area (TPSA) is 49.4 Å². The van der Waals surface area contributed by atoms with Gasteiger partial charge < -0.3 is 10.2 Å². The van der Waals surface area contributed by atoms with Gasteiger partial charge in [-0.25, -0.2) is 0 Å². The molecule has 0 bridgehead atoms. The minimum atomic E-state index is -0.343. The van der Waals surface area contributed by atoms with Crippen molar-refractivity contribution in [1.82, 2.24) is 10.2 Å². The highest BCUT2D eigenvalue weighted by atomic mass is 127. The Balaban J connectivity index is 2.24. The molecule has 1 aliphatic rings. The number of carbonyl (C=O) groups excluding carboxylic acids is 2. The molecule has 0 saturated carbocycles. The highest BCUT2D eigenvalue weighted by Crippen LogP contribution is 2.15. The van der Waals surface area contributed by atoms with Crippen LogP contribution >= 0.6 is 22.6 Å². The molecule has 1 saturated heterocycles. The molecule has 1 unspecified atom stereocenters. The second-order valence-electron chi connectivity index (χ2n) is 4.22. The first-order valence-corrected chi connectivity index (χ1v) is 7.05. The van der Waals surface area contributed by atoms with E-state index in [2.05, 4.69) is 27.9 Å². The number of halogens is 1. The van der Waals surface area contributed by atoms with Crippen molar-refractivity contribution in [2.75, 3.05) is 13.1 Å². The van der Waals surface area contributed by atoms with E-state index in [9.17, 15) is 9.59 Å². The van der Waals surface area contributed by atoms with Crippen molar-refractivity contribution >= 4 is 34.4 Å². The van der Waals surface area contributed by atoms with Gasteiger partial charge in [-0.15, -0.1) is 0 Å². The number of rotatable bonds is 2. The highest BCUT2D eigenvalue weighted by molar-refractivity contribution is 14.1. The zero-order valence-corrected chi connectivity index (χ0v) is 12.3. The molecule has 1 heterocycles. The monoisotopic (exact) mass is 358 g/mol. The lowest BCUT2D eigenvalue weighted by atomic mass is 10.1. The SMILES string of the molecule is CCC1C(=O)NCCN1C(=O)c1cccc(I)c1. The molecule has 0 aromatic heterocycles. The first kappa shape index (κ1) is 13.3. The second-order valence-corrected chi connectivity index (χ2v) is 5.47. The van der Waals surface area contributed by atoms with Gasteiger partial charge in [0, 0.05) is 22.2 Å². The molecule has 1 N–H and O–H groups in total. The normalized spacial score (nSPS) is 19.6. The number of nitrogens with zero attached hydrogens (tertiary/aromatic N) is 1. The van der Waals surface area contributed by atoms with E-state index in [1.54, 1.807) is 11.0 Å². The molecule has 1 aliphatic heterocycles. The van der Waals surface area contributed by atoms with Crippen molar-refractivity contribution in [3.63, 3.8) is 0 Å². The van der Waals surface area contributed by atoms with Crippen molar-refractivity contribution < 1.29 is 9.59 Å². The van der Waals surface area contributed by atoms with E-state index in [1.807, 2.05) is 25.1 Å². The Kier molecular flexibility index (Phi) is 4.21. The van der Waals surface area contributed by atoms with Crippen LogP contribution in [0.1, 0.15) is 23.7 Å². The van der Waals surface area contributed by atoms with Crippen LogP contribution in [0.4, 0.5) is 0 Å². The molecular weight excluding hydrogens is 343 g/mol. The average Bonchev–Trinajstić information content (AvgIpc) is 2.37. The van der Waals surface area contributed by atoms with Crippen LogP contribution < -0.4 is 5.32 Å². The molecule has 0 aliphatic carbocycles. The Morgan fingerprint density at radius 1 is 1.56 bits per heavy atom. The summed E-state index contributed by atoms with van der Waals surface area (Å²) in [5.41, 5.74) is 0.648. The van der Waals surface area contributed by atoms with Gasteiger partial charge in [0.05, 0.1) is 0 Å². The molecule has 0 spiro atoms. The Bertz CT molecular complexity index is 476. The van der Waals surface area contributed by atoms with E-state index >= 15 is 0 Å². The molecule has 1 fully saturated rings. The third-order valence-corrected chi connectivity index (χ3v) is 3.72. The molecule has 0 radical (unpaired) electrons. The summed E-state index contributed by atoms with van der Waals surface area (Å²) in [6, 6.07) is 7.10. The lowest BCUT2D eigenvalue weighted by Gasteiger charge is -2.34. The average molecular weight is 358 g/mol. The first-order valence-electron chi connectivity index (χ1n) is 5.97. The lowest BCUT2D eigenvalue weighted by molar-refractivity contribution is -0.127. The van der Waals surface area contributed by atoms with Gasteiger partial charge in [0.1, 0.15) is 6.04 Å². The fourth-order valence-electron chi connectivity index (χ4n) is 2.15. The number of hydrogen-bond acceptors (Lipinski definition) is 2. The number of carbonyl (C=O) groups is 2. The number of piperazine rings is 1. The minimum Gasteiger partial charge on any atom is -0.353 e. The molecule has 2 rings (SSSR count). The van der Waals surface area contributed by atoms with E-state index in [1.165, 1.54) is 0 Å². The van der Waals surface area contributed by atoms with Crippen LogP contribution in [-0.2, 0) is 4.79 Å². The minimum absolute atomic E-state index is 0.0530. The largest absolute Gasteiger partial charge is 0.353 e. The van der Waals surface area contributed by atoms with Gasteiger partial charge in [0.25, 0.3) is 5.91 Å². The molecule has 96 valence electrons. The summed E-state index contributed by atoms with van der Waals surface area (Å²) in [6.07, 6.45) is 0.640. The van der Waals surface area contributed by atoms with Crippen LogP contribution in [0.3, 0.4) is 0 Å². The Morgan fingerprint density at radius 3 is 3.00 bits per heavy atom. The number of amides is 2. The van der Waals surface area contributed by atoms with Crippen LogP contribution in [0.5, 0.6) is 0 Å². The van der Waals surface area contributed by atoms with Crippen molar-refractivity contribution in [3.05, 3.63) is 33.4 Å². The zero-order chi connectivity index (χ0) is 13.1. The number of hydrogen-bond donors (Lipinski definition) is 1. The number of nitrogens with one attached hydrogen (secondary N) is 1. The maximum absolute atomic E-state index is 12.4. The van der Waals surface area contributed by atoms with Gasteiger partial charge in [-0.1, -0.05) is 13.0 Å². The lowest BCUT2D eigenvalue weighted by Crippen LogP contribution is -2.56. The molecule has 5 heteroatoms.